The fourth-order valence-electron chi connectivity index (χ4n) is 1.35. The molecule has 0 aliphatic heterocycles. The van der Waals surface area contributed by atoms with Crippen molar-refractivity contribution in [2.45, 2.75) is 26.3 Å². The molecule has 0 aromatic rings. The van der Waals surface area contributed by atoms with Gasteiger partial charge in [0.2, 0.25) is 6.04 Å². The number of carbonyl (C=O) groups is 1. The topological polar surface area (TPSA) is 80.4 Å². The summed E-state index contributed by atoms with van der Waals surface area (Å²) in [5, 5.41) is 19.4. The van der Waals surface area contributed by atoms with Crippen LogP contribution in [0.5, 0.6) is 0 Å². The van der Waals surface area contributed by atoms with Gasteiger partial charge in [-0.2, -0.15) is 0 Å². The van der Waals surface area contributed by atoms with Crippen LogP contribution >= 0.6 is 0 Å². The van der Waals surface area contributed by atoms with Crippen molar-refractivity contribution in [3.05, 3.63) is 33.9 Å². The molecular weight excluding hydrogens is 198 g/mol. The highest BCUT2D eigenvalue weighted by Gasteiger charge is 2.32. The van der Waals surface area contributed by atoms with Gasteiger partial charge in [0.05, 0.1) is 5.41 Å². The van der Waals surface area contributed by atoms with Crippen LogP contribution < -0.4 is 0 Å². The van der Waals surface area contributed by atoms with Crippen LogP contribution in [0.15, 0.2) is 23.8 Å². The van der Waals surface area contributed by atoms with Crippen LogP contribution in [0.4, 0.5) is 0 Å². The Labute approximate surface area is 87.2 Å². The first-order valence-electron chi connectivity index (χ1n) is 4.61. The first-order valence-corrected chi connectivity index (χ1v) is 4.61. The Morgan fingerprint density at radius 1 is 1.67 bits per heavy atom. The number of nitro groups is 1. The minimum atomic E-state index is -0.988. The predicted molar refractivity (Wildman–Crippen MR) is 54.0 cm³/mol. The monoisotopic (exact) mass is 211 g/mol. The summed E-state index contributed by atoms with van der Waals surface area (Å²) in [7, 11) is 0. The zero-order valence-corrected chi connectivity index (χ0v) is 8.64. The van der Waals surface area contributed by atoms with Crippen LogP contribution in [0.25, 0.3) is 0 Å². The molecule has 1 N–H and O–H groups in total. The van der Waals surface area contributed by atoms with E-state index in [4.69, 9.17) is 5.11 Å². The summed E-state index contributed by atoms with van der Waals surface area (Å²) < 4.78 is 0. The highest BCUT2D eigenvalue weighted by molar-refractivity contribution is 5.78. The lowest BCUT2D eigenvalue weighted by Gasteiger charge is -2.23. The molecule has 0 saturated heterocycles. The van der Waals surface area contributed by atoms with Gasteiger partial charge < -0.3 is 5.11 Å². The average molecular weight is 211 g/mol. The van der Waals surface area contributed by atoms with Gasteiger partial charge in [-0.05, 0) is 25.5 Å². The molecule has 0 heterocycles. The smallest absolute Gasteiger partial charge is 0.313 e. The third kappa shape index (κ3) is 2.23. The van der Waals surface area contributed by atoms with E-state index in [0.29, 0.717) is 5.57 Å². The molecule has 1 aliphatic rings. The lowest BCUT2D eigenvalue weighted by Crippen LogP contribution is -2.28. The average Bonchev–Trinajstić information content (AvgIpc) is 2.17. The van der Waals surface area contributed by atoms with E-state index in [1.165, 1.54) is 12.2 Å². The van der Waals surface area contributed by atoms with Crippen molar-refractivity contribution < 1.29 is 14.8 Å². The van der Waals surface area contributed by atoms with E-state index >= 15 is 0 Å². The van der Waals surface area contributed by atoms with Crippen LogP contribution in [-0.2, 0) is 4.79 Å². The van der Waals surface area contributed by atoms with Crippen LogP contribution in [0.3, 0.4) is 0 Å². The summed E-state index contributed by atoms with van der Waals surface area (Å²) in [5.41, 5.74) is -0.369. The Morgan fingerprint density at radius 2 is 2.27 bits per heavy atom. The fourth-order valence-corrected chi connectivity index (χ4v) is 1.35. The van der Waals surface area contributed by atoms with E-state index in [0.717, 1.165) is 0 Å². The third-order valence-corrected chi connectivity index (χ3v) is 2.60. The van der Waals surface area contributed by atoms with Crippen molar-refractivity contribution in [2.24, 2.45) is 5.41 Å². The van der Waals surface area contributed by atoms with Crippen LogP contribution in [-0.4, -0.2) is 22.0 Å². The summed E-state index contributed by atoms with van der Waals surface area (Å²) in [4.78, 5) is 21.0. The molecule has 1 atom stereocenters. The second kappa shape index (κ2) is 3.84. The van der Waals surface area contributed by atoms with Crippen LogP contribution in [0, 0.1) is 15.5 Å². The van der Waals surface area contributed by atoms with Crippen molar-refractivity contribution >= 4 is 5.97 Å². The van der Waals surface area contributed by atoms with E-state index in [2.05, 4.69) is 0 Å². The maximum atomic E-state index is 10.9. The molecular formula is C10H13NO4. The van der Waals surface area contributed by atoms with Crippen molar-refractivity contribution in [1.82, 2.24) is 0 Å². The third-order valence-electron chi connectivity index (χ3n) is 2.60. The first kappa shape index (κ1) is 11.4. The molecule has 0 spiro atoms. The number of carboxylic acid groups (broad SMARTS) is 1. The number of aliphatic carboxylic acids is 1. The molecule has 15 heavy (non-hydrogen) atoms. The first-order chi connectivity index (χ1) is 6.85. The van der Waals surface area contributed by atoms with Crippen LogP contribution in [0.1, 0.15) is 20.3 Å². The summed E-state index contributed by atoms with van der Waals surface area (Å²) in [6.07, 6.45) is 4.86. The Kier molecular flexibility index (Phi) is 2.93. The molecule has 1 unspecified atom stereocenters. The van der Waals surface area contributed by atoms with E-state index in [9.17, 15) is 14.9 Å². The number of allylic oxidation sites excluding steroid dienone is 1. The normalized spacial score (nSPS) is 20.9. The molecule has 1 rings (SSSR count). The highest BCUT2D eigenvalue weighted by atomic mass is 16.6. The van der Waals surface area contributed by atoms with Crippen molar-refractivity contribution in [3.63, 3.8) is 0 Å². The molecule has 0 amide bonds. The number of carboxylic acids is 1. The van der Waals surface area contributed by atoms with Gasteiger partial charge in [0.25, 0.3) is 0 Å². The molecule has 1 aliphatic carbocycles. The van der Waals surface area contributed by atoms with E-state index in [-0.39, 0.29) is 11.3 Å². The Balaban J connectivity index is 2.83. The molecule has 0 bridgehead atoms. The van der Waals surface area contributed by atoms with Crippen molar-refractivity contribution in [3.8, 4) is 0 Å². The second-order valence-corrected chi connectivity index (χ2v) is 4.04. The molecule has 5 nitrogen and oxygen atoms in total. The molecule has 0 aromatic carbocycles. The Bertz CT molecular complexity index is 354. The van der Waals surface area contributed by atoms with Gasteiger partial charge in [0, 0.05) is 11.3 Å². The maximum absolute atomic E-state index is 10.9. The van der Waals surface area contributed by atoms with Crippen LogP contribution in [0.2, 0.25) is 0 Å². The minimum Gasteiger partial charge on any atom is -0.481 e. The quantitative estimate of drug-likeness (QED) is 0.568. The lowest BCUT2D eigenvalue weighted by atomic mass is 9.81. The van der Waals surface area contributed by atoms with Gasteiger partial charge in [-0.25, -0.2) is 0 Å². The number of hydrogen-bond acceptors (Lipinski definition) is 3. The summed E-state index contributed by atoms with van der Waals surface area (Å²) in [6, 6.07) is -0.724. The molecule has 0 fully saturated rings. The molecule has 0 saturated carbocycles. The summed E-state index contributed by atoms with van der Waals surface area (Å²) in [6.45, 7) is 3.16. The number of hydrogen-bond donors (Lipinski definition) is 1. The maximum Gasteiger partial charge on any atom is 0.313 e. The van der Waals surface area contributed by atoms with Crippen molar-refractivity contribution in [1.29, 1.82) is 0 Å². The lowest BCUT2D eigenvalue weighted by molar-refractivity contribution is -0.508. The Morgan fingerprint density at radius 3 is 2.60 bits per heavy atom. The minimum absolute atomic E-state index is 0.259. The van der Waals surface area contributed by atoms with Gasteiger partial charge >= 0.3 is 5.97 Å². The van der Waals surface area contributed by atoms with Crippen molar-refractivity contribution in [2.75, 3.05) is 0 Å². The Hall–Kier alpha value is -1.65. The molecule has 0 aromatic heterocycles. The van der Waals surface area contributed by atoms with E-state index < -0.39 is 17.4 Å². The van der Waals surface area contributed by atoms with E-state index in [1.807, 2.05) is 0 Å². The largest absolute Gasteiger partial charge is 0.481 e. The van der Waals surface area contributed by atoms with Gasteiger partial charge in [0.15, 0.2) is 0 Å². The van der Waals surface area contributed by atoms with Gasteiger partial charge in [-0.1, -0.05) is 12.2 Å². The van der Waals surface area contributed by atoms with E-state index in [1.54, 1.807) is 19.9 Å². The standard InChI is InChI=1S/C10H13NO4/c1-10(2,9(12)13)7-3-5-8(6-4-7)11(14)15/h3-5,8H,6H2,1-2H3,(H,12,13). The zero-order chi connectivity index (χ0) is 11.6. The predicted octanol–water partition coefficient (Wildman–Crippen LogP) is 1.63. The number of rotatable bonds is 3. The highest BCUT2D eigenvalue weighted by Crippen LogP contribution is 2.30. The molecule has 5 heteroatoms. The molecule has 0 radical (unpaired) electrons. The van der Waals surface area contributed by atoms with Gasteiger partial charge in [-0.3, -0.25) is 14.9 Å². The van der Waals surface area contributed by atoms with Gasteiger partial charge in [0.1, 0.15) is 0 Å². The SMILES string of the molecule is CC(C)(C(=O)O)C1=CCC([N+](=O)[O-])C=C1. The molecule has 82 valence electrons. The summed E-state index contributed by atoms with van der Waals surface area (Å²) >= 11 is 0. The summed E-state index contributed by atoms with van der Waals surface area (Å²) in [5.74, 6) is -0.932. The van der Waals surface area contributed by atoms with Gasteiger partial charge in [-0.15, -0.1) is 0 Å². The second-order valence-electron chi connectivity index (χ2n) is 4.04. The zero-order valence-electron chi connectivity index (χ0n) is 8.64. The fraction of sp³-hybridized carbons (Fsp3) is 0.500. The number of nitrogens with zero attached hydrogens (tertiary/aromatic N) is 1.